The number of rotatable bonds is 10. The number of urea groups is 1. The second kappa shape index (κ2) is 18.8. The van der Waals surface area contributed by atoms with Gasteiger partial charge in [0, 0.05) is 30.4 Å². The van der Waals surface area contributed by atoms with E-state index in [2.05, 4.69) is 42.4 Å². The molecule has 1 aromatic rings. The van der Waals surface area contributed by atoms with Crippen LogP contribution in [0.4, 0.5) is 23.7 Å². The molecule has 0 radical (unpaired) electrons. The van der Waals surface area contributed by atoms with Crippen molar-refractivity contribution in [1.82, 2.24) is 10.2 Å². The molecule has 0 unspecified atom stereocenters. The Morgan fingerprint density at radius 2 is 1.69 bits per heavy atom. The molecular formula is C31H43F3N4O3S. The number of carbonyl (C=O) groups is 3. The van der Waals surface area contributed by atoms with Crippen molar-refractivity contribution in [3.05, 3.63) is 71.5 Å². The Morgan fingerprint density at radius 3 is 2.17 bits per heavy atom. The van der Waals surface area contributed by atoms with Gasteiger partial charge in [-0.3, -0.25) is 14.6 Å². The predicted molar refractivity (Wildman–Crippen MR) is 168 cm³/mol. The maximum absolute atomic E-state index is 13.2. The van der Waals surface area contributed by atoms with Crippen molar-refractivity contribution in [3.63, 3.8) is 0 Å². The Balaban J connectivity index is 0.00000145. The summed E-state index contributed by atoms with van der Waals surface area (Å²) in [4.78, 5) is 43.0. The minimum Gasteiger partial charge on any atom is -0.333 e. The van der Waals surface area contributed by atoms with Crippen molar-refractivity contribution >= 4 is 42.0 Å². The Hall–Kier alpha value is -3.60. The number of hydrogen-bond acceptors (Lipinski definition) is 5. The lowest BCUT2D eigenvalue weighted by molar-refractivity contribution is -0.123. The van der Waals surface area contributed by atoms with Gasteiger partial charge in [-0.1, -0.05) is 37.6 Å². The largest absolute Gasteiger partial charge is 0.446 e. The van der Waals surface area contributed by atoms with Crippen molar-refractivity contribution in [3.8, 4) is 0 Å². The van der Waals surface area contributed by atoms with E-state index < -0.39 is 23.0 Å². The molecular weight excluding hydrogens is 565 g/mol. The maximum atomic E-state index is 13.2. The number of imide groups is 1. The molecule has 1 heterocycles. The minimum absolute atomic E-state index is 0.0416. The summed E-state index contributed by atoms with van der Waals surface area (Å²) in [6, 6.07) is 4.43. The molecule has 1 saturated heterocycles. The first-order valence-electron chi connectivity index (χ1n) is 13.5. The number of carbonyl (C=O) groups excluding carboxylic acids is 3. The molecule has 0 spiro atoms. The minimum atomic E-state index is -4.44. The molecule has 1 N–H and O–H groups in total. The number of hydrogen-bond donors (Lipinski definition) is 1. The molecule has 42 heavy (non-hydrogen) atoms. The summed E-state index contributed by atoms with van der Waals surface area (Å²) in [7, 11) is 1.57. The average Bonchev–Trinajstić information content (AvgIpc) is 3.10. The number of anilines is 1. The van der Waals surface area contributed by atoms with E-state index in [9.17, 15) is 27.6 Å². The van der Waals surface area contributed by atoms with Gasteiger partial charge in [0.25, 0.3) is 5.91 Å². The van der Waals surface area contributed by atoms with Gasteiger partial charge in [-0.05, 0) is 102 Å². The van der Waals surface area contributed by atoms with E-state index in [1.807, 2.05) is 20.8 Å². The van der Waals surface area contributed by atoms with Crippen LogP contribution in [0.2, 0.25) is 0 Å². The summed E-state index contributed by atoms with van der Waals surface area (Å²) < 4.78 is 37.7. The van der Waals surface area contributed by atoms with E-state index in [4.69, 9.17) is 0 Å². The summed E-state index contributed by atoms with van der Waals surface area (Å²) in [5, 5.41) is 2.51. The van der Waals surface area contributed by atoms with Crippen molar-refractivity contribution in [1.29, 1.82) is 0 Å². The number of amides is 4. The van der Waals surface area contributed by atoms with E-state index >= 15 is 0 Å². The fraction of sp³-hybridized carbons (Fsp3) is 0.419. The van der Waals surface area contributed by atoms with Gasteiger partial charge in [0.1, 0.15) is 5.54 Å². The van der Waals surface area contributed by atoms with Crippen molar-refractivity contribution < 1.29 is 27.6 Å². The third-order valence-corrected chi connectivity index (χ3v) is 6.53. The third kappa shape index (κ3) is 12.5. The second-order valence-electron chi connectivity index (χ2n) is 9.26. The number of allylic oxidation sites excluding steroid dienone is 6. The van der Waals surface area contributed by atoms with E-state index in [0.717, 1.165) is 11.3 Å². The Kier molecular flexibility index (Phi) is 17.1. The monoisotopic (exact) mass is 608 g/mol. The highest BCUT2D eigenvalue weighted by Gasteiger charge is 2.51. The summed E-state index contributed by atoms with van der Waals surface area (Å²) in [5.41, 5.74) is -2.90. The smallest absolute Gasteiger partial charge is 0.333 e. The van der Waals surface area contributed by atoms with Crippen molar-refractivity contribution in [2.24, 2.45) is 4.99 Å². The van der Waals surface area contributed by atoms with Crippen LogP contribution in [-0.4, -0.2) is 54.1 Å². The van der Waals surface area contributed by atoms with Crippen molar-refractivity contribution in [2.45, 2.75) is 77.8 Å². The highest BCUT2D eigenvalue weighted by Crippen LogP contribution is 2.38. The fourth-order valence-corrected chi connectivity index (χ4v) is 4.00. The van der Waals surface area contributed by atoms with Gasteiger partial charge >= 0.3 is 11.5 Å². The molecule has 1 aliphatic rings. The predicted octanol–water partition coefficient (Wildman–Crippen LogP) is 8.07. The normalized spacial score (nSPS) is 16.0. The van der Waals surface area contributed by atoms with Crippen LogP contribution in [0.1, 0.15) is 61.8 Å². The lowest BCUT2D eigenvalue weighted by atomic mass is 10.0. The fourth-order valence-electron chi connectivity index (χ4n) is 3.46. The summed E-state index contributed by atoms with van der Waals surface area (Å²) in [6.45, 7) is 15.1. The molecule has 0 bridgehead atoms. The van der Waals surface area contributed by atoms with E-state index in [1.165, 1.54) is 41.0 Å². The average molecular weight is 609 g/mol. The molecule has 11 heteroatoms. The number of nitrogens with zero attached hydrogens (tertiary/aromatic N) is 3. The maximum Gasteiger partial charge on any atom is 0.446 e. The van der Waals surface area contributed by atoms with Gasteiger partial charge in [0.2, 0.25) is 6.41 Å². The summed E-state index contributed by atoms with van der Waals surface area (Å²) in [6.07, 6.45) is 12.8. The molecule has 1 fully saturated rings. The molecule has 0 atom stereocenters. The van der Waals surface area contributed by atoms with Crippen LogP contribution in [-0.2, 0) is 9.59 Å². The van der Waals surface area contributed by atoms with Crippen LogP contribution in [0.25, 0.3) is 0 Å². The van der Waals surface area contributed by atoms with Crippen LogP contribution in [0.3, 0.4) is 0 Å². The van der Waals surface area contributed by atoms with E-state index in [1.54, 1.807) is 40.0 Å². The zero-order valence-corrected chi connectivity index (χ0v) is 26.7. The first kappa shape index (κ1) is 38.4. The lowest BCUT2D eigenvalue weighted by Gasteiger charge is -2.28. The number of alkyl halides is 3. The molecule has 4 amide bonds. The molecule has 0 aromatic heterocycles. The van der Waals surface area contributed by atoms with Crippen LogP contribution >= 0.6 is 11.8 Å². The summed E-state index contributed by atoms with van der Waals surface area (Å²) >= 11 is -0.276. The Morgan fingerprint density at radius 1 is 1.10 bits per heavy atom. The first-order valence-corrected chi connectivity index (χ1v) is 14.3. The third-order valence-electron chi connectivity index (χ3n) is 5.79. The first-order chi connectivity index (χ1) is 19.7. The lowest BCUT2D eigenvalue weighted by Crippen LogP contribution is -2.45. The molecule has 0 aliphatic carbocycles. The zero-order valence-electron chi connectivity index (χ0n) is 25.9. The quantitative estimate of drug-likeness (QED) is 0.0727. The topological polar surface area (TPSA) is 82.1 Å². The van der Waals surface area contributed by atoms with Crippen LogP contribution in [0.5, 0.6) is 0 Å². The van der Waals surface area contributed by atoms with Gasteiger partial charge < -0.3 is 10.2 Å². The molecule has 2 rings (SSSR count). The number of halogens is 3. The van der Waals surface area contributed by atoms with E-state index in [0.29, 0.717) is 17.7 Å². The number of benzene rings is 1. The van der Waals surface area contributed by atoms with Crippen LogP contribution < -0.4 is 10.2 Å². The highest BCUT2D eigenvalue weighted by molar-refractivity contribution is 8.00. The molecule has 0 saturated carbocycles. The Bertz CT molecular complexity index is 1180. The zero-order chi connectivity index (χ0) is 32.5. The van der Waals surface area contributed by atoms with Crippen LogP contribution in [0, 0.1) is 0 Å². The number of thioether (sulfide) groups is 1. The highest BCUT2D eigenvalue weighted by atomic mass is 32.2. The van der Waals surface area contributed by atoms with Gasteiger partial charge in [0.05, 0.1) is 5.69 Å². The molecule has 232 valence electrons. The Labute approximate surface area is 252 Å². The molecule has 1 aliphatic heterocycles. The van der Waals surface area contributed by atoms with Crippen molar-refractivity contribution in [2.75, 3.05) is 18.5 Å². The van der Waals surface area contributed by atoms with Gasteiger partial charge in [-0.25, -0.2) is 9.69 Å². The molecule has 7 nitrogen and oxygen atoms in total. The van der Waals surface area contributed by atoms with Crippen LogP contribution in [0.15, 0.2) is 81.4 Å². The van der Waals surface area contributed by atoms with E-state index in [-0.39, 0.29) is 28.9 Å². The standard InChI is InChI=1S/C21H23F3N4O3S.C8H14.C2H6/c1-14(26-13-29)11-15(9-10-25-4)12-27-19(31)28(18(30)20(27,2)3)16-5-7-17(8-6-16)32-21(22,23)24;1-4-6-7-8(3)5-2;1-2/h5-11,13H,12H2,1-4H3,(H,26,29);4-6H,7H2,1-3H3;1-2H3/b14-11+,15-9+,25-10?;6-4-,8-5-;. The number of aliphatic imine (C=N–C) groups is 1. The number of nitrogens with one attached hydrogen (secondary N) is 1. The summed E-state index contributed by atoms with van der Waals surface area (Å²) in [5.74, 6) is -0.506. The van der Waals surface area contributed by atoms with Gasteiger partial charge in [-0.15, -0.1) is 0 Å². The second-order valence-corrected chi connectivity index (χ2v) is 10.4. The van der Waals surface area contributed by atoms with Gasteiger partial charge in [-0.2, -0.15) is 13.2 Å². The van der Waals surface area contributed by atoms with Gasteiger partial charge in [0.15, 0.2) is 0 Å². The molecule has 1 aromatic carbocycles. The SMILES string of the molecule is C/C=C\C/C(C)=C\C.CC.CN=C/C=C(\C=C(/C)NC=O)CN1C(=O)N(c2ccc(SC(F)(F)F)cc2)C(=O)C1(C)C.